The average molecular weight is 461 g/mol. The molecule has 0 saturated carbocycles. The first-order valence-corrected chi connectivity index (χ1v) is 10.3. The van der Waals surface area contributed by atoms with Crippen molar-refractivity contribution in [2.24, 2.45) is 0 Å². The van der Waals surface area contributed by atoms with Crippen molar-refractivity contribution in [1.29, 1.82) is 0 Å². The first-order chi connectivity index (χ1) is 20.9. The Labute approximate surface area is 209 Å². The van der Waals surface area contributed by atoms with Gasteiger partial charge in [-0.25, -0.2) is 0 Å². The van der Waals surface area contributed by atoms with Crippen molar-refractivity contribution < 1.29 is 35.6 Å². The number of piperidine rings is 1. The maximum Gasteiger partial charge on any atom is 0.255 e. The molecule has 2 fully saturated rings. The SMILES string of the molecule is [2H]c1c([2H])c([2H])c(CN2CCOCC2)c(CNc2c([2H])c([2H])c([2H])c3c2CN(C2([2H])C(=O)NC(=O)C([2H])([2H])C2([2H])[2H])C3=O)c1[2H]. The monoisotopic (exact) mass is 460 g/mol. The zero-order valence-electron chi connectivity index (χ0n) is 29.5. The van der Waals surface area contributed by atoms with Gasteiger partial charge < -0.3 is 15.0 Å². The standard InChI is InChI=1S/C25H28N4O4/c30-23-9-8-22(24(31)27-23)29-16-20-19(25(29)32)6-3-7-21(20)26-14-17-4-1-2-5-18(17)15-28-10-12-33-13-11-28/h1-7,22,26H,8-16H2,(H,27,30,31)/i1D,2D,3D,4D,5D,6D,7D,8D2,9D2,22D. The highest BCUT2D eigenvalue weighted by molar-refractivity contribution is 6.06. The minimum atomic E-state index is -3.57. The smallest absolute Gasteiger partial charge is 0.255 e. The van der Waals surface area contributed by atoms with Crippen LogP contribution in [-0.4, -0.2) is 59.8 Å². The number of morpholine rings is 1. The summed E-state index contributed by atoms with van der Waals surface area (Å²) >= 11 is 0. The van der Waals surface area contributed by atoms with Crippen LogP contribution in [0.1, 0.15) is 56.2 Å². The van der Waals surface area contributed by atoms with E-state index in [2.05, 4.69) is 5.32 Å². The normalized spacial score (nSPS) is 31.6. The van der Waals surface area contributed by atoms with E-state index in [4.69, 9.17) is 21.2 Å². The third-order valence-corrected chi connectivity index (χ3v) is 5.54. The Bertz CT molecular complexity index is 1650. The fourth-order valence-electron chi connectivity index (χ4n) is 3.84. The second kappa shape index (κ2) is 9.33. The number of benzene rings is 2. The van der Waals surface area contributed by atoms with E-state index in [-0.39, 0.29) is 47.6 Å². The number of fused-ring (bicyclic) bond motifs is 1. The number of amides is 3. The molecule has 2 saturated heterocycles. The molecule has 0 aliphatic carbocycles. The molecule has 2 aromatic carbocycles. The number of hydrogen-bond acceptors (Lipinski definition) is 6. The first kappa shape index (κ1) is 11.8. The zero-order valence-corrected chi connectivity index (χ0v) is 17.5. The van der Waals surface area contributed by atoms with Crippen LogP contribution in [-0.2, 0) is 34.0 Å². The highest BCUT2D eigenvalue weighted by atomic mass is 16.5. The van der Waals surface area contributed by atoms with Gasteiger partial charge >= 0.3 is 0 Å². The number of rotatable bonds is 6. The molecule has 0 bridgehead atoms. The van der Waals surface area contributed by atoms with Gasteiger partial charge in [0.2, 0.25) is 11.8 Å². The third-order valence-electron chi connectivity index (χ3n) is 5.54. The van der Waals surface area contributed by atoms with Crippen molar-refractivity contribution in [3.05, 3.63) is 64.6 Å². The Morgan fingerprint density at radius 2 is 1.91 bits per heavy atom. The van der Waals surface area contributed by atoms with Gasteiger partial charge in [-0.2, -0.15) is 0 Å². The Kier molecular flexibility index (Phi) is 3.32. The second-order valence-electron chi connectivity index (χ2n) is 7.58. The molecule has 172 valence electrons. The Morgan fingerprint density at radius 3 is 2.73 bits per heavy atom. The lowest BCUT2D eigenvalue weighted by atomic mass is 10.0. The molecular weight excluding hydrogens is 420 g/mol. The van der Waals surface area contributed by atoms with E-state index in [0.717, 1.165) is 0 Å². The molecule has 8 heteroatoms. The van der Waals surface area contributed by atoms with Gasteiger partial charge in [0.15, 0.2) is 0 Å². The van der Waals surface area contributed by atoms with Gasteiger partial charge in [0.05, 0.1) is 24.2 Å². The summed E-state index contributed by atoms with van der Waals surface area (Å²) in [6, 6.07) is -6.97. The van der Waals surface area contributed by atoms with Crippen LogP contribution in [0.2, 0.25) is 0 Å². The van der Waals surface area contributed by atoms with Gasteiger partial charge in [0, 0.05) is 61.4 Å². The summed E-state index contributed by atoms with van der Waals surface area (Å²) < 4.78 is 105. The zero-order chi connectivity index (χ0) is 33.4. The van der Waals surface area contributed by atoms with Crippen LogP contribution in [0, 0.1) is 0 Å². The van der Waals surface area contributed by atoms with Crippen molar-refractivity contribution in [3.8, 4) is 0 Å². The minimum Gasteiger partial charge on any atom is -0.381 e. The van der Waals surface area contributed by atoms with Crippen LogP contribution >= 0.6 is 0 Å². The molecule has 2 N–H and O–H groups in total. The number of carbonyl (C=O) groups excluding carboxylic acids is 3. The molecule has 3 aliphatic heterocycles. The highest BCUT2D eigenvalue weighted by Gasteiger charge is 2.39. The molecule has 2 aromatic rings. The largest absolute Gasteiger partial charge is 0.381 e. The lowest BCUT2D eigenvalue weighted by molar-refractivity contribution is -0.136. The van der Waals surface area contributed by atoms with E-state index < -0.39 is 78.8 Å². The molecule has 1 unspecified atom stereocenters. The molecule has 0 spiro atoms. The van der Waals surface area contributed by atoms with Crippen LogP contribution in [0.15, 0.2) is 42.3 Å². The van der Waals surface area contributed by atoms with Crippen LogP contribution < -0.4 is 10.6 Å². The summed E-state index contributed by atoms with van der Waals surface area (Å²) in [7, 11) is 0. The molecule has 0 radical (unpaired) electrons. The molecule has 5 rings (SSSR count). The third kappa shape index (κ3) is 4.49. The summed E-state index contributed by atoms with van der Waals surface area (Å²) in [6.45, 7) is 0.957. The Morgan fingerprint density at radius 1 is 1.12 bits per heavy atom. The predicted molar refractivity (Wildman–Crippen MR) is 122 cm³/mol. The number of carbonyl (C=O) groups is 3. The summed E-state index contributed by atoms with van der Waals surface area (Å²) in [6.07, 6.45) is -6.99. The number of anilines is 1. The van der Waals surface area contributed by atoms with E-state index in [0.29, 0.717) is 31.2 Å². The average Bonchev–Trinajstić information content (AvgIpc) is 3.34. The number of ether oxygens (including phenoxy) is 1. The molecule has 0 aromatic heterocycles. The first-order valence-electron chi connectivity index (χ1n) is 16.3. The quantitative estimate of drug-likeness (QED) is 0.640. The number of hydrogen-bond donors (Lipinski definition) is 2. The summed E-state index contributed by atoms with van der Waals surface area (Å²) in [5.74, 6) is -4.50. The second-order valence-corrected chi connectivity index (χ2v) is 7.58. The van der Waals surface area contributed by atoms with Crippen LogP contribution in [0.4, 0.5) is 5.69 Å². The van der Waals surface area contributed by atoms with Crippen molar-refractivity contribution in [3.63, 3.8) is 0 Å². The van der Waals surface area contributed by atoms with E-state index in [1.165, 1.54) is 0 Å². The lowest BCUT2D eigenvalue weighted by Crippen LogP contribution is -2.52. The molecule has 3 amide bonds. The van der Waals surface area contributed by atoms with Gasteiger partial charge in [0.1, 0.15) is 6.02 Å². The van der Waals surface area contributed by atoms with Gasteiger partial charge in [-0.1, -0.05) is 30.2 Å². The van der Waals surface area contributed by atoms with Crippen molar-refractivity contribution >= 4 is 23.4 Å². The van der Waals surface area contributed by atoms with Gasteiger partial charge in [-0.3, -0.25) is 24.6 Å². The molecular formula is C25H28N4O4. The van der Waals surface area contributed by atoms with Gasteiger partial charge in [-0.15, -0.1) is 0 Å². The highest BCUT2D eigenvalue weighted by Crippen LogP contribution is 2.32. The topological polar surface area (TPSA) is 91.0 Å². The molecule has 1 atom stereocenters. The van der Waals surface area contributed by atoms with E-state index in [9.17, 15) is 14.4 Å². The fourth-order valence-corrected chi connectivity index (χ4v) is 3.84. The van der Waals surface area contributed by atoms with Crippen molar-refractivity contribution in [2.75, 3.05) is 31.6 Å². The number of nitrogens with one attached hydrogen (secondary N) is 2. The maximum absolute atomic E-state index is 13.6. The molecule has 3 aliphatic rings. The number of imide groups is 1. The summed E-state index contributed by atoms with van der Waals surface area (Å²) in [5, 5.41) is 4.46. The molecule has 8 nitrogen and oxygen atoms in total. The van der Waals surface area contributed by atoms with Gasteiger partial charge in [0.25, 0.3) is 5.91 Å². The predicted octanol–water partition coefficient (Wildman–Crippen LogP) is 1.89. The summed E-state index contributed by atoms with van der Waals surface area (Å²) in [5.41, 5.74) is -0.534. The van der Waals surface area contributed by atoms with E-state index in [1.807, 2.05) is 4.90 Å². The fraction of sp³-hybridized carbons (Fsp3) is 0.400. The molecule has 3 heterocycles. The Hall–Kier alpha value is -3.23. The van der Waals surface area contributed by atoms with E-state index in [1.54, 1.807) is 5.32 Å². The lowest BCUT2D eigenvalue weighted by Gasteiger charge is -2.29. The molecule has 33 heavy (non-hydrogen) atoms. The van der Waals surface area contributed by atoms with Gasteiger partial charge in [-0.05, 0) is 29.6 Å². The van der Waals surface area contributed by atoms with Crippen molar-refractivity contribution in [2.45, 2.75) is 38.4 Å². The van der Waals surface area contributed by atoms with E-state index >= 15 is 0 Å². The number of nitrogens with zero attached hydrogens (tertiary/aromatic N) is 2. The van der Waals surface area contributed by atoms with Crippen molar-refractivity contribution in [1.82, 2.24) is 15.1 Å². The van der Waals surface area contributed by atoms with Crippen LogP contribution in [0.25, 0.3) is 0 Å². The Balaban J connectivity index is 1.57. The van der Waals surface area contributed by atoms with Crippen LogP contribution in [0.5, 0.6) is 0 Å². The maximum atomic E-state index is 13.6. The van der Waals surface area contributed by atoms with Crippen LogP contribution in [0.3, 0.4) is 0 Å². The summed E-state index contributed by atoms with van der Waals surface area (Å²) in [4.78, 5) is 41.0. The minimum absolute atomic E-state index is 0.134.